The fourth-order valence-corrected chi connectivity index (χ4v) is 2.35. The minimum Gasteiger partial charge on any atom is -0.356 e. The van der Waals surface area contributed by atoms with E-state index in [0.717, 1.165) is 17.4 Å². The Morgan fingerprint density at radius 1 is 1.21 bits per heavy atom. The van der Waals surface area contributed by atoms with Gasteiger partial charge >= 0.3 is 0 Å². The van der Waals surface area contributed by atoms with Crippen molar-refractivity contribution >= 4 is 35.4 Å². The standard InChI is InChI=1S/C14H10ClN3O/c15-13-12-10(6-9-4-2-1-3-5-9)11(7-19)18-14(12)17-8-16-13/h1-8,11H,(H,16,17,18). The molecule has 0 amide bonds. The number of anilines is 1. The Kier molecular flexibility index (Phi) is 3.01. The van der Waals surface area contributed by atoms with Gasteiger partial charge in [0.15, 0.2) is 0 Å². The molecule has 0 spiro atoms. The molecule has 94 valence electrons. The molecule has 0 aliphatic carbocycles. The van der Waals surface area contributed by atoms with Crippen LogP contribution in [0.1, 0.15) is 11.1 Å². The van der Waals surface area contributed by atoms with Crippen molar-refractivity contribution in [3.63, 3.8) is 0 Å². The topological polar surface area (TPSA) is 54.9 Å². The summed E-state index contributed by atoms with van der Waals surface area (Å²) in [6.07, 6.45) is 4.14. The van der Waals surface area contributed by atoms with Gasteiger partial charge in [0.1, 0.15) is 29.6 Å². The Labute approximate surface area is 115 Å². The number of aromatic nitrogens is 2. The molecular formula is C14H10ClN3O. The number of fused-ring (bicyclic) bond motifs is 1. The summed E-state index contributed by atoms with van der Waals surface area (Å²) >= 11 is 6.11. The van der Waals surface area contributed by atoms with Crippen LogP contribution in [0.15, 0.2) is 36.7 Å². The monoisotopic (exact) mass is 271 g/mol. The third-order valence-corrected chi connectivity index (χ3v) is 3.26. The van der Waals surface area contributed by atoms with Crippen LogP contribution in [-0.4, -0.2) is 22.3 Å². The highest BCUT2D eigenvalue weighted by atomic mass is 35.5. The maximum Gasteiger partial charge on any atom is 0.146 e. The molecule has 0 saturated heterocycles. The number of hydrogen-bond acceptors (Lipinski definition) is 4. The lowest BCUT2D eigenvalue weighted by Gasteiger charge is -2.05. The molecule has 0 fully saturated rings. The molecule has 1 N–H and O–H groups in total. The summed E-state index contributed by atoms with van der Waals surface area (Å²) in [5, 5.41) is 3.37. The molecule has 3 rings (SSSR count). The number of carbonyl (C=O) groups is 1. The number of benzene rings is 1. The van der Waals surface area contributed by atoms with Crippen molar-refractivity contribution in [2.24, 2.45) is 0 Å². The quantitative estimate of drug-likeness (QED) is 0.674. The molecule has 0 bridgehead atoms. The minimum atomic E-state index is -0.440. The van der Waals surface area contributed by atoms with Crippen LogP contribution in [0, 0.1) is 0 Å². The largest absolute Gasteiger partial charge is 0.356 e. The van der Waals surface area contributed by atoms with Crippen molar-refractivity contribution in [2.75, 3.05) is 5.32 Å². The van der Waals surface area contributed by atoms with Crippen LogP contribution in [0.5, 0.6) is 0 Å². The van der Waals surface area contributed by atoms with Crippen molar-refractivity contribution in [3.05, 3.63) is 52.9 Å². The predicted octanol–water partition coefficient (Wildman–Crippen LogP) is 2.66. The van der Waals surface area contributed by atoms with Crippen molar-refractivity contribution in [3.8, 4) is 0 Å². The average molecular weight is 272 g/mol. The summed E-state index contributed by atoms with van der Waals surface area (Å²) in [6, 6.07) is 9.30. The molecule has 1 aromatic heterocycles. The summed E-state index contributed by atoms with van der Waals surface area (Å²) in [6.45, 7) is 0. The molecule has 2 aromatic rings. The SMILES string of the molecule is O=CC1Nc2ncnc(Cl)c2C1=Cc1ccccc1. The van der Waals surface area contributed by atoms with E-state index in [-0.39, 0.29) is 0 Å². The third kappa shape index (κ3) is 2.11. The van der Waals surface area contributed by atoms with Gasteiger partial charge in [-0.2, -0.15) is 0 Å². The van der Waals surface area contributed by atoms with Crippen molar-refractivity contribution in [1.29, 1.82) is 0 Å². The number of halogens is 1. The number of nitrogens with zero attached hydrogens (tertiary/aromatic N) is 2. The second-order valence-corrected chi connectivity index (χ2v) is 4.51. The fourth-order valence-electron chi connectivity index (χ4n) is 2.11. The van der Waals surface area contributed by atoms with Crippen molar-refractivity contribution in [2.45, 2.75) is 6.04 Å². The van der Waals surface area contributed by atoms with Crippen LogP contribution in [0.2, 0.25) is 5.15 Å². The number of rotatable bonds is 2. The average Bonchev–Trinajstić information content (AvgIpc) is 2.79. The number of carbonyl (C=O) groups excluding carboxylic acids is 1. The second kappa shape index (κ2) is 4.82. The highest BCUT2D eigenvalue weighted by Gasteiger charge is 2.29. The Morgan fingerprint density at radius 3 is 2.74 bits per heavy atom. The molecule has 19 heavy (non-hydrogen) atoms. The van der Waals surface area contributed by atoms with E-state index in [1.807, 2.05) is 36.4 Å². The van der Waals surface area contributed by atoms with E-state index in [9.17, 15) is 4.79 Å². The first-order valence-electron chi connectivity index (χ1n) is 5.79. The zero-order valence-electron chi connectivity index (χ0n) is 9.88. The Hall–Kier alpha value is -2.20. The van der Waals surface area contributed by atoms with E-state index in [1.165, 1.54) is 6.33 Å². The lowest BCUT2D eigenvalue weighted by atomic mass is 10.0. The van der Waals surface area contributed by atoms with Gasteiger partial charge in [0.2, 0.25) is 0 Å². The first-order valence-corrected chi connectivity index (χ1v) is 6.16. The molecule has 2 heterocycles. The van der Waals surface area contributed by atoms with E-state index < -0.39 is 6.04 Å². The predicted molar refractivity (Wildman–Crippen MR) is 74.8 cm³/mol. The van der Waals surface area contributed by atoms with Gasteiger partial charge in [0.25, 0.3) is 0 Å². The molecule has 1 aliphatic heterocycles. The molecule has 1 aromatic carbocycles. The smallest absolute Gasteiger partial charge is 0.146 e. The highest BCUT2D eigenvalue weighted by Crippen LogP contribution is 2.37. The third-order valence-electron chi connectivity index (χ3n) is 2.97. The van der Waals surface area contributed by atoms with E-state index >= 15 is 0 Å². The summed E-state index contributed by atoms with van der Waals surface area (Å²) in [5.74, 6) is 0.597. The highest BCUT2D eigenvalue weighted by molar-refractivity contribution is 6.32. The van der Waals surface area contributed by atoms with Crippen molar-refractivity contribution in [1.82, 2.24) is 9.97 Å². The molecule has 4 nitrogen and oxygen atoms in total. The second-order valence-electron chi connectivity index (χ2n) is 4.16. The first kappa shape index (κ1) is 11.9. The van der Waals surface area contributed by atoms with Gasteiger partial charge in [-0.05, 0) is 17.2 Å². The Bertz CT molecular complexity index is 655. The van der Waals surface area contributed by atoms with Gasteiger partial charge in [-0.1, -0.05) is 41.9 Å². The van der Waals surface area contributed by atoms with Crippen molar-refractivity contribution < 1.29 is 4.79 Å². The molecule has 1 atom stereocenters. The summed E-state index contributed by atoms with van der Waals surface area (Å²) in [4.78, 5) is 19.3. The van der Waals surface area contributed by atoms with E-state index in [4.69, 9.17) is 11.6 Å². The van der Waals surface area contributed by atoms with Gasteiger partial charge in [-0.25, -0.2) is 9.97 Å². The summed E-state index contributed by atoms with van der Waals surface area (Å²) in [5.41, 5.74) is 2.49. The van der Waals surface area contributed by atoms with Gasteiger partial charge < -0.3 is 10.1 Å². The Balaban J connectivity index is 2.15. The normalized spacial score (nSPS) is 19.0. The van der Waals surface area contributed by atoms with Gasteiger partial charge in [0.05, 0.1) is 5.56 Å². The molecule has 0 saturated carbocycles. The number of aldehydes is 1. The van der Waals surface area contributed by atoms with Gasteiger partial charge in [-0.15, -0.1) is 0 Å². The van der Waals surface area contributed by atoms with Crippen LogP contribution in [0.4, 0.5) is 5.82 Å². The molecule has 1 aliphatic rings. The molecule has 1 unspecified atom stereocenters. The van der Waals surface area contributed by atoms with Crippen LogP contribution < -0.4 is 5.32 Å². The molecule has 5 heteroatoms. The minimum absolute atomic E-state index is 0.351. The van der Waals surface area contributed by atoms with Crippen LogP contribution >= 0.6 is 11.6 Å². The molecule has 0 radical (unpaired) electrons. The summed E-state index contributed by atoms with van der Waals surface area (Å²) in [7, 11) is 0. The lowest BCUT2D eigenvalue weighted by molar-refractivity contribution is -0.107. The van der Waals surface area contributed by atoms with Crippen LogP contribution in [-0.2, 0) is 4.79 Å². The van der Waals surface area contributed by atoms with E-state index in [2.05, 4.69) is 15.3 Å². The van der Waals surface area contributed by atoms with Gasteiger partial charge in [0, 0.05) is 0 Å². The fraction of sp³-hybridized carbons (Fsp3) is 0.0714. The lowest BCUT2D eigenvalue weighted by Crippen LogP contribution is -2.15. The van der Waals surface area contributed by atoms with Crippen LogP contribution in [0.3, 0.4) is 0 Å². The van der Waals surface area contributed by atoms with Gasteiger partial charge in [-0.3, -0.25) is 0 Å². The van der Waals surface area contributed by atoms with E-state index in [0.29, 0.717) is 16.5 Å². The zero-order valence-corrected chi connectivity index (χ0v) is 10.6. The number of nitrogens with one attached hydrogen (secondary N) is 1. The number of hydrogen-bond donors (Lipinski definition) is 1. The zero-order chi connectivity index (χ0) is 13.2. The van der Waals surface area contributed by atoms with Crippen LogP contribution in [0.25, 0.3) is 11.6 Å². The maximum atomic E-state index is 11.2. The first-order chi connectivity index (χ1) is 9.29. The summed E-state index contributed by atoms with van der Waals surface area (Å²) < 4.78 is 0. The maximum absolute atomic E-state index is 11.2. The molecular weight excluding hydrogens is 262 g/mol. The Morgan fingerprint density at radius 2 is 2.00 bits per heavy atom. The van der Waals surface area contributed by atoms with E-state index in [1.54, 1.807) is 0 Å².